The molecule has 3 fully saturated rings. The molecule has 108 valence electrons. The van der Waals surface area contributed by atoms with Crippen molar-refractivity contribution in [3.63, 3.8) is 0 Å². The van der Waals surface area contributed by atoms with E-state index in [0.29, 0.717) is 18.7 Å². The third-order valence-corrected chi connectivity index (χ3v) is 4.80. The van der Waals surface area contributed by atoms with Gasteiger partial charge in [0.15, 0.2) is 0 Å². The third kappa shape index (κ3) is 2.51. The van der Waals surface area contributed by atoms with Gasteiger partial charge in [0.05, 0.1) is 12.7 Å². The summed E-state index contributed by atoms with van der Waals surface area (Å²) in [7, 11) is 0. The Bertz CT molecular complexity index is 350. The van der Waals surface area contributed by atoms with E-state index in [9.17, 15) is 4.79 Å². The number of carbonyl (C=O) groups excluding carboxylic acids is 1. The van der Waals surface area contributed by atoms with Gasteiger partial charge in [-0.1, -0.05) is 0 Å². The van der Waals surface area contributed by atoms with Gasteiger partial charge in [-0.05, 0) is 33.2 Å². The van der Waals surface area contributed by atoms with Crippen LogP contribution in [0.4, 0.5) is 0 Å². The zero-order chi connectivity index (χ0) is 13.4. The molecule has 5 nitrogen and oxygen atoms in total. The van der Waals surface area contributed by atoms with E-state index in [1.54, 1.807) is 0 Å². The van der Waals surface area contributed by atoms with Crippen molar-refractivity contribution in [1.29, 1.82) is 0 Å². The Morgan fingerprint density at radius 2 is 2.16 bits per heavy atom. The molecule has 19 heavy (non-hydrogen) atoms. The van der Waals surface area contributed by atoms with Crippen LogP contribution in [0.5, 0.6) is 0 Å². The fourth-order valence-electron chi connectivity index (χ4n) is 3.68. The van der Waals surface area contributed by atoms with E-state index in [4.69, 9.17) is 4.74 Å². The lowest BCUT2D eigenvalue weighted by atomic mass is 10.0. The molecule has 0 aliphatic carbocycles. The predicted octanol–water partition coefficient (Wildman–Crippen LogP) is 0.0584. The van der Waals surface area contributed by atoms with E-state index in [-0.39, 0.29) is 18.1 Å². The molecule has 4 atom stereocenters. The van der Waals surface area contributed by atoms with E-state index in [1.165, 1.54) is 19.4 Å². The first kappa shape index (κ1) is 13.3. The monoisotopic (exact) mass is 267 g/mol. The average Bonchev–Trinajstić information content (AvgIpc) is 2.84. The van der Waals surface area contributed by atoms with Crippen LogP contribution in [0.25, 0.3) is 0 Å². The number of carbonyl (C=O) groups is 1. The number of rotatable bonds is 1. The Labute approximate surface area is 115 Å². The highest BCUT2D eigenvalue weighted by atomic mass is 16.5. The molecule has 5 heteroatoms. The van der Waals surface area contributed by atoms with Gasteiger partial charge in [-0.25, -0.2) is 0 Å². The van der Waals surface area contributed by atoms with Gasteiger partial charge in [-0.2, -0.15) is 0 Å². The molecular formula is C14H25N3O2. The molecule has 3 aliphatic heterocycles. The van der Waals surface area contributed by atoms with Crippen molar-refractivity contribution in [2.45, 2.75) is 50.9 Å². The summed E-state index contributed by atoms with van der Waals surface area (Å²) in [6, 6.07) is 0.738. The Morgan fingerprint density at radius 1 is 1.32 bits per heavy atom. The fraction of sp³-hybridized carbons (Fsp3) is 0.929. The Balaban J connectivity index is 1.68. The largest absolute Gasteiger partial charge is 0.375 e. The maximum Gasteiger partial charge on any atom is 0.242 e. The highest BCUT2D eigenvalue weighted by Gasteiger charge is 2.40. The normalized spacial score (nSPS) is 40.2. The van der Waals surface area contributed by atoms with Crippen LogP contribution in [0.3, 0.4) is 0 Å². The smallest absolute Gasteiger partial charge is 0.242 e. The number of morpholine rings is 1. The molecule has 0 aromatic rings. The highest BCUT2D eigenvalue weighted by molar-refractivity contribution is 5.83. The lowest BCUT2D eigenvalue weighted by Gasteiger charge is -2.44. The second-order valence-corrected chi connectivity index (χ2v) is 6.14. The van der Waals surface area contributed by atoms with E-state index in [1.807, 2.05) is 6.92 Å². The minimum atomic E-state index is -0.163. The summed E-state index contributed by atoms with van der Waals surface area (Å²) in [4.78, 5) is 17.4. The molecule has 0 saturated carbocycles. The topological polar surface area (TPSA) is 44.8 Å². The van der Waals surface area contributed by atoms with Crippen molar-refractivity contribution in [1.82, 2.24) is 15.1 Å². The molecule has 0 aromatic heterocycles. The molecule has 0 radical (unpaired) electrons. The SMILES string of the molecule is CC1CN2CCCC2CN1C(=O)[C@H]1NCCO[C@@H]1C. The quantitative estimate of drug-likeness (QED) is 0.730. The molecule has 0 bridgehead atoms. The number of ether oxygens (including phenoxy) is 1. The Hall–Kier alpha value is -0.650. The van der Waals surface area contributed by atoms with Gasteiger partial charge in [0, 0.05) is 31.7 Å². The van der Waals surface area contributed by atoms with E-state index >= 15 is 0 Å². The first-order valence-electron chi connectivity index (χ1n) is 7.56. The molecule has 3 rings (SSSR count). The summed E-state index contributed by atoms with van der Waals surface area (Å²) >= 11 is 0. The van der Waals surface area contributed by atoms with Gasteiger partial charge in [-0.3, -0.25) is 9.69 Å². The average molecular weight is 267 g/mol. The number of fused-ring (bicyclic) bond motifs is 1. The second-order valence-electron chi connectivity index (χ2n) is 6.14. The molecule has 3 saturated heterocycles. The number of amides is 1. The van der Waals surface area contributed by atoms with Crippen molar-refractivity contribution in [2.24, 2.45) is 0 Å². The van der Waals surface area contributed by atoms with Crippen LogP contribution >= 0.6 is 0 Å². The summed E-state index contributed by atoms with van der Waals surface area (Å²) < 4.78 is 5.60. The van der Waals surface area contributed by atoms with Crippen LogP contribution < -0.4 is 5.32 Å². The number of hydrogen-bond donors (Lipinski definition) is 1. The zero-order valence-electron chi connectivity index (χ0n) is 12.0. The number of nitrogens with one attached hydrogen (secondary N) is 1. The first-order chi connectivity index (χ1) is 9.16. The van der Waals surface area contributed by atoms with E-state index < -0.39 is 0 Å². The molecule has 3 aliphatic rings. The summed E-state index contributed by atoms with van der Waals surface area (Å²) in [6.45, 7) is 8.77. The molecule has 1 amide bonds. The van der Waals surface area contributed by atoms with Gasteiger partial charge in [0.1, 0.15) is 6.04 Å². The molecule has 0 spiro atoms. The van der Waals surface area contributed by atoms with Crippen LogP contribution in [0.15, 0.2) is 0 Å². The minimum Gasteiger partial charge on any atom is -0.375 e. The fourth-order valence-corrected chi connectivity index (χ4v) is 3.68. The minimum absolute atomic E-state index is 0.0185. The maximum atomic E-state index is 12.7. The summed E-state index contributed by atoms with van der Waals surface area (Å²) in [6.07, 6.45) is 2.50. The summed E-state index contributed by atoms with van der Waals surface area (Å²) in [5.74, 6) is 0.228. The van der Waals surface area contributed by atoms with Gasteiger partial charge in [-0.15, -0.1) is 0 Å². The lowest BCUT2D eigenvalue weighted by Crippen LogP contribution is -2.63. The van der Waals surface area contributed by atoms with Crippen molar-refractivity contribution in [3.05, 3.63) is 0 Å². The standard InChI is InChI=1S/C14H25N3O2/c1-10-8-16-6-3-4-12(16)9-17(10)14(18)13-11(2)19-7-5-15-13/h10-13,15H,3-9H2,1-2H3/t10?,11-,12?,13+/m1/s1. The number of piperazine rings is 1. The molecule has 2 unspecified atom stereocenters. The Morgan fingerprint density at radius 3 is 2.95 bits per heavy atom. The molecule has 0 aromatic carbocycles. The lowest BCUT2D eigenvalue weighted by molar-refractivity contribution is -0.145. The molecule has 1 N–H and O–H groups in total. The molecule has 3 heterocycles. The second kappa shape index (κ2) is 5.38. The van der Waals surface area contributed by atoms with E-state index in [2.05, 4.69) is 22.0 Å². The number of hydrogen-bond acceptors (Lipinski definition) is 4. The van der Waals surface area contributed by atoms with Crippen molar-refractivity contribution >= 4 is 5.91 Å². The molecular weight excluding hydrogens is 242 g/mol. The summed E-state index contributed by atoms with van der Waals surface area (Å²) in [5.41, 5.74) is 0. The number of nitrogens with zero attached hydrogens (tertiary/aromatic N) is 2. The van der Waals surface area contributed by atoms with Crippen LogP contribution in [-0.2, 0) is 9.53 Å². The third-order valence-electron chi connectivity index (χ3n) is 4.80. The van der Waals surface area contributed by atoms with Gasteiger partial charge in [0.2, 0.25) is 5.91 Å². The van der Waals surface area contributed by atoms with Gasteiger partial charge >= 0.3 is 0 Å². The van der Waals surface area contributed by atoms with Gasteiger partial charge < -0.3 is 15.0 Å². The van der Waals surface area contributed by atoms with Crippen LogP contribution in [0.1, 0.15) is 26.7 Å². The van der Waals surface area contributed by atoms with Crippen LogP contribution in [0, 0.1) is 0 Å². The van der Waals surface area contributed by atoms with Crippen molar-refractivity contribution in [3.8, 4) is 0 Å². The summed E-state index contributed by atoms with van der Waals surface area (Å²) in [5, 5.41) is 3.32. The Kier molecular flexibility index (Phi) is 3.78. The zero-order valence-corrected chi connectivity index (χ0v) is 12.0. The van der Waals surface area contributed by atoms with E-state index in [0.717, 1.165) is 19.6 Å². The maximum absolute atomic E-state index is 12.7. The van der Waals surface area contributed by atoms with Crippen molar-refractivity contribution < 1.29 is 9.53 Å². The van der Waals surface area contributed by atoms with Crippen LogP contribution in [-0.4, -0.2) is 72.7 Å². The first-order valence-corrected chi connectivity index (χ1v) is 7.56. The van der Waals surface area contributed by atoms with Gasteiger partial charge in [0.25, 0.3) is 0 Å². The van der Waals surface area contributed by atoms with Crippen LogP contribution in [0.2, 0.25) is 0 Å². The van der Waals surface area contributed by atoms with Crippen molar-refractivity contribution in [2.75, 3.05) is 32.8 Å². The predicted molar refractivity (Wildman–Crippen MR) is 73.0 cm³/mol. The highest BCUT2D eigenvalue weighted by Crippen LogP contribution is 2.25.